The smallest absolute Gasteiger partial charge is 0.323 e. The van der Waals surface area contributed by atoms with Crippen molar-refractivity contribution in [3.05, 3.63) is 22.9 Å². The molecule has 0 spiro atoms. The first-order valence-electron chi connectivity index (χ1n) is 5.04. The minimum absolute atomic E-state index is 0.240. The molecule has 0 radical (unpaired) electrons. The molecule has 6 nitrogen and oxygen atoms in total. The van der Waals surface area contributed by atoms with Crippen molar-refractivity contribution in [2.75, 3.05) is 18.5 Å². The molecule has 92 valence electrons. The Morgan fingerprint density at radius 1 is 1.47 bits per heavy atom. The quantitative estimate of drug-likeness (QED) is 0.786. The lowest BCUT2D eigenvalue weighted by atomic mass is 10.1. The molecule has 1 amide bonds. The number of amides is 1. The number of aliphatic carboxylic acids is 1. The van der Waals surface area contributed by atoms with Crippen molar-refractivity contribution < 1.29 is 14.7 Å². The Bertz CT molecular complexity index is 471. The van der Waals surface area contributed by atoms with E-state index < -0.39 is 11.9 Å². The summed E-state index contributed by atoms with van der Waals surface area (Å²) in [5.41, 5.74) is 6.94. The number of nitrogens with zero attached hydrogens (tertiary/aromatic N) is 2. The van der Waals surface area contributed by atoms with Gasteiger partial charge in [-0.05, 0) is 25.5 Å². The fourth-order valence-electron chi connectivity index (χ4n) is 1.68. The largest absolute Gasteiger partial charge is 0.480 e. The molecule has 0 aliphatic rings. The Labute approximate surface area is 99.1 Å². The van der Waals surface area contributed by atoms with Crippen molar-refractivity contribution >= 4 is 17.7 Å². The molecule has 6 heteroatoms. The lowest BCUT2D eigenvalue weighted by Crippen LogP contribution is -2.29. The van der Waals surface area contributed by atoms with Crippen molar-refractivity contribution in [3.63, 3.8) is 0 Å². The maximum absolute atomic E-state index is 11.4. The molecule has 0 aliphatic heterocycles. The number of carboxylic acids is 1. The van der Waals surface area contributed by atoms with Crippen LogP contribution in [-0.2, 0) is 4.79 Å². The molecule has 0 unspecified atom stereocenters. The number of aryl methyl sites for hydroxylation is 2. The van der Waals surface area contributed by atoms with Crippen molar-refractivity contribution in [2.45, 2.75) is 13.8 Å². The average molecular weight is 237 g/mol. The number of hydrogen-bond donors (Lipinski definition) is 2. The first kappa shape index (κ1) is 13.0. The summed E-state index contributed by atoms with van der Waals surface area (Å²) in [6.07, 6.45) is 0. The number of rotatable bonds is 4. The first-order chi connectivity index (χ1) is 7.82. The van der Waals surface area contributed by atoms with Crippen LogP contribution in [-0.4, -0.2) is 35.6 Å². The highest BCUT2D eigenvalue weighted by Gasteiger charge is 2.18. The fraction of sp³-hybridized carbons (Fsp3) is 0.364. The van der Waals surface area contributed by atoms with Gasteiger partial charge in [-0.2, -0.15) is 0 Å². The number of hydrogen-bond acceptors (Lipinski definition) is 4. The van der Waals surface area contributed by atoms with Gasteiger partial charge in [-0.25, -0.2) is 4.98 Å². The number of nitrogens with two attached hydrogens (primary N) is 1. The van der Waals surface area contributed by atoms with Crippen LogP contribution in [0.4, 0.5) is 5.82 Å². The fourth-order valence-corrected chi connectivity index (χ4v) is 1.68. The van der Waals surface area contributed by atoms with Crippen LogP contribution in [0, 0.1) is 13.8 Å². The summed E-state index contributed by atoms with van der Waals surface area (Å²) in [5, 5.41) is 8.73. The third-order valence-electron chi connectivity index (χ3n) is 2.31. The normalized spacial score (nSPS) is 10.1. The Kier molecular flexibility index (Phi) is 3.67. The highest BCUT2D eigenvalue weighted by Crippen LogP contribution is 2.20. The van der Waals surface area contributed by atoms with Crippen LogP contribution in [0.2, 0.25) is 0 Å². The molecule has 1 aromatic rings. The van der Waals surface area contributed by atoms with E-state index in [2.05, 4.69) is 4.98 Å². The highest BCUT2D eigenvalue weighted by atomic mass is 16.4. The van der Waals surface area contributed by atoms with Crippen LogP contribution in [0.5, 0.6) is 0 Å². The van der Waals surface area contributed by atoms with Gasteiger partial charge in [0.1, 0.15) is 12.4 Å². The van der Waals surface area contributed by atoms with E-state index in [0.717, 1.165) is 0 Å². The molecule has 1 aromatic heterocycles. The Morgan fingerprint density at radius 2 is 2.06 bits per heavy atom. The second-order valence-electron chi connectivity index (χ2n) is 3.89. The van der Waals surface area contributed by atoms with Gasteiger partial charge in [0.2, 0.25) is 0 Å². The summed E-state index contributed by atoms with van der Waals surface area (Å²) in [5.74, 6) is -1.30. The van der Waals surface area contributed by atoms with Gasteiger partial charge in [-0.15, -0.1) is 0 Å². The Balaban J connectivity index is 3.29. The minimum Gasteiger partial charge on any atom is -0.480 e. The third-order valence-corrected chi connectivity index (χ3v) is 2.31. The molecule has 1 heterocycles. The first-order valence-corrected chi connectivity index (χ1v) is 5.04. The molecular weight excluding hydrogens is 222 g/mol. The zero-order chi connectivity index (χ0) is 13.2. The van der Waals surface area contributed by atoms with Crippen LogP contribution in [0.25, 0.3) is 0 Å². The number of carboxylic acid groups (broad SMARTS) is 1. The minimum atomic E-state index is -0.996. The van der Waals surface area contributed by atoms with Crippen LogP contribution < -0.4 is 10.6 Å². The zero-order valence-electron chi connectivity index (χ0n) is 10.0. The van der Waals surface area contributed by atoms with Gasteiger partial charge in [0.05, 0.1) is 5.56 Å². The number of anilines is 1. The van der Waals surface area contributed by atoms with E-state index >= 15 is 0 Å². The van der Waals surface area contributed by atoms with E-state index in [0.29, 0.717) is 17.1 Å². The van der Waals surface area contributed by atoms with Crippen LogP contribution >= 0.6 is 0 Å². The van der Waals surface area contributed by atoms with Crippen molar-refractivity contribution in [1.82, 2.24) is 4.98 Å². The summed E-state index contributed by atoms with van der Waals surface area (Å²) in [7, 11) is 1.56. The van der Waals surface area contributed by atoms with Crippen molar-refractivity contribution in [3.8, 4) is 0 Å². The molecule has 0 saturated carbocycles. The topological polar surface area (TPSA) is 96.5 Å². The maximum Gasteiger partial charge on any atom is 0.323 e. The Morgan fingerprint density at radius 3 is 2.53 bits per heavy atom. The lowest BCUT2D eigenvalue weighted by molar-refractivity contribution is -0.135. The van der Waals surface area contributed by atoms with E-state index in [-0.39, 0.29) is 12.1 Å². The number of likely N-dealkylation sites (N-methyl/N-ethyl adjacent to an activating group) is 1. The van der Waals surface area contributed by atoms with Crippen LogP contribution in [0.15, 0.2) is 6.07 Å². The Hall–Kier alpha value is -2.11. The van der Waals surface area contributed by atoms with E-state index in [1.807, 2.05) is 0 Å². The summed E-state index contributed by atoms with van der Waals surface area (Å²) in [6.45, 7) is 3.28. The summed E-state index contributed by atoms with van der Waals surface area (Å²) < 4.78 is 0. The molecule has 0 bridgehead atoms. The monoisotopic (exact) mass is 237 g/mol. The molecule has 0 aromatic carbocycles. The molecule has 3 N–H and O–H groups in total. The van der Waals surface area contributed by atoms with Crippen molar-refractivity contribution in [1.29, 1.82) is 0 Å². The van der Waals surface area contributed by atoms with Gasteiger partial charge in [-0.1, -0.05) is 0 Å². The predicted molar refractivity (Wildman–Crippen MR) is 63.1 cm³/mol. The van der Waals surface area contributed by atoms with Crippen molar-refractivity contribution in [2.24, 2.45) is 5.73 Å². The van der Waals surface area contributed by atoms with Crippen LogP contribution in [0.3, 0.4) is 0 Å². The number of carbonyl (C=O) groups excluding carboxylic acids is 1. The zero-order valence-corrected chi connectivity index (χ0v) is 10.0. The van der Waals surface area contributed by atoms with Gasteiger partial charge < -0.3 is 15.7 Å². The molecule has 1 rings (SSSR count). The van der Waals surface area contributed by atoms with Crippen LogP contribution in [0.1, 0.15) is 21.6 Å². The van der Waals surface area contributed by atoms with Gasteiger partial charge in [0, 0.05) is 12.7 Å². The molecule has 0 aliphatic carbocycles. The predicted octanol–water partition coefficient (Wildman–Crippen LogP) is 0.318. The van der Waals surface area contributed by atoms with Gasteiger partial charge >= 0.3 is 5.97 Å². The maximum atomic E-state index is 11.4. The summed E-state index contributed by atoms with van der Waals surface area (Å²) >= 11 is 0. The molecule has 0 saturated heterocycles. The molecular formula is C11H15N3O3. The second-order valence-corrected chi connectivity index (χ2v) is 3.89. The van der Waals surface area contributed by atoms with E-state index in [4.69, 9.17) is 10.8 Å². The van der Waals surface area contributed by atoms with Gasteiger partial charge in [0.15, 0.2) is 0 Å². The highest BCUT2D eigenvalue weighted by molar-refractivity contribution is 5.99. The number of primary amides is 1. The van der Waals surface area contributed by atoms with E-state index in [9.17, 15) is 9.59 Å². The van der Waals surface area contributed by atoms with Gasteiger partial charge in [0.25, 0.3) is 5.91 Å². The third kappa shape index (κ3) is 2.93. The number of carbonyl (C=O) groups is 2. The SMILES string of the molecule is Cc1cc(C)c(C(N)=O)c(N(C)CC(=O)O)n1. The van der Waals surface area contributed by atoms with Gasteiger partial charge in [-0.3, -0.25) is 9.59 Å². The molecule has 17 heavy (non-hydrogen) atoms. The summed E-state index contributed by atoms with van der Waals surface area (Å²) in [6, 6.07) is 1.73. The lowest BCUT2D eigenvalue weighted by Gasteiger charge is -2.19. The summed E-state index contributed by atoms with van der Waals surface area (Å²) in [4.78, 5) is 27.6. The number of aromatic nitrogens is 1. The molecule has 0 atom stereocenters. The standard InChI is InChI=1S/C11H15N3O3/c1-6-4-7(2)13-11(9(6)10(12)17)14(3)5-8(15)16/h4H,5H2,1-3H3,(H2,12,17)(H,15,16). The average Bonchev–Trinajstić information content (AvgIpc) is 2.14. The molecule has 0 fully saturated rings. The van der Waals surface area contributed by atoms with E-state index in [1.165, 1.54) is 4.90 Å². The number of pyridine rings is 1. The second kappa shape index (κ2) is 4.82. The van der Waals surface area contributed by atoms with E-state index in [1.54, 1.807) is 27.0 Å².